The smallest absolute Gasteiger partial charge is 0.343 e. The Balaban J connectivity index is 1.42. The van der Waals surface area contributed by atoms with Gasteiger partial charge in [-0.1, -0.05) is 50.5 Å². The molecule has 3 aromatic rings. The zero-order valence-corrected chi connectivity index (χ0v) is 23.4. The van der Waals surface area contributed by atoms with Gasteiger partial charge in [-0.25, -0.2) is 9.59 Å². The van der Waals surface area contributed by atoms with Crippen LogP contribution in [0.15, 0.2) is 78.9 Å². The van der Waals surface area contributed by atoms with E-state index < -0.39 is 10.9 Å². The molecule has 0 heterocycles. The molecule has 9 heteroatoms. The molecule has 0 aliphatic carbocycles. The molecule has 0 spiro atoms. The van der Waals surface area contributed by atoms with E-state index in [1.54, 1.807) is 68.6 Å². The van der Waals surface area contributed by atoms with E-state index in [2.05, 4.69) is 6.58 Å². The van der Waals surface area contributed by atoms with Crippen molar-refractivity contribution in [2.45, 2.75) is 45.4 Å². The average molecular weight is 562 g/mol. The molecule has 0 N–H and O–H groups in total. The lowest BCUT2D eigenvalue weighted by Crippen LogP contribution is -2.10. The molecular formula is C32H35NO8. The van der Waals surface area contributed by atoms with E-state index in [4.69, 9.17) is 18.9 Å². The second-order valence-electron chi connectivity index (χ2n) is 9.47. The Kier molecular flexibility index (Phi) is 11.9. The first-order valence-corrected chi connectivity index (χ1v) is 13.5. The topological polar surface area (TPSA) is 114 Å². The third-order valence-electron chi connectivity index (χ3n) is 6.26. The van der Waals surface area contributed by atoms with Gasteiger partial charge in [0.1, 0.15) is 11.5 Å². The fourth-order valence-electron chi connectivity index (χ4n) is 3.94. The van der Waals surface area contributed by atoms with Crippen LogP contribution in [0.25, 0.3) is 11.1 Å². The highest BCUT2D eigenvalue weighted by Crippen LogP contribution is 2.33. The normalized spacial score (nSPS) is 10.5. The lowest BCUT2D eigenvalue weighted by molar-refractivity contribution is -0.385. The first-order valence-electron chi connectivity index (χ1n) is 13.5. The van der Waals surface area contributed by atoms with Crippen LogP contribution in [0.1, 0.15) is 55.8 Å². The molecule has 3 aromatic carbocycles. The molecule has 0 saturated carbocycles. The Morgan fingerprint density at radius 1 is 0.805 bits per heavy atom. The number of hydrogen-bond acceptors (Lipinski definition) is 8. The largest absolute Gasteiger partial charge is 0.497 e. The van der Waals surface area contributed by atoms with Gasteiger partial charge in [-0.2, -0.15) is 0 Å². The van der Waals surface area contributed by atoms with E-state index in [9.17, 15) is 19.7 Å². The lowest BCUT2D eigenvalue weighted by Gasteiger charge is -2.09. The van der Waals surface area contributed by atoms with Crippen LogP contribution in [0, 0.1) is 10.1 Å². The monoisotopic (exact) mass is 561 g/mol. The minimum absolute atomic E-state index is 0.134. The van der Waals surface area contributed by atoms with Gasteiger partial charge in [0.15, 0.2) is 0 Å². The van der Waals surface area contributed by atoms with Crippen LogP contribution in [-0.2, 0) is 9.53 Å². The summed E-state index contributed by atoms with van der Waals surface area (Å²) in [7, 11) is 1.56. The van der Waals surface area contributed by atoms with Crippen LogP contribution >= 0.6 is 0 Å². The van der Waals surface area contributed by atoms with Crippen LogP contribution in [-0.4, -0.2) is 37.2 Å². The summed E-state index contributed by atoms with van der Waals surface area (Å²) < 4.78 is 21.4. The minimum atomic E-state index is -0.703. The standard InChI is InChI=1S/C32H35NO8/c1-23(2)31(34)40-21-9-7-5-4-6-8-20-39-28-17-12-25(13-18-28)32(35)41-30-19-14-26(22-29(30)33(36)37)24-10-15-27(38-3)16-11-24/h10-19,22H,1,4-9,20-21H2,2-3H3. The van der Waals surface area contributed by atoms with Gasteiger partial charge in [0.25, 0.3) is 0 Å². The van der Waals surface area contributed by atoms with Gasteiger partial charge >= 0.3 is 17.6 Å². The van der Waals surface area contributed by atoms with Crippen molar-refractivity contribution in [3.8, 4) is 28.4 Å². The molecule has 0 amide bonds. The first kappa shape index (κ1) is 30.9. The molecule has 0 atom stereocenters. The highest BCUT2D eigenvalue weighted by Gasteiger charge is 2.20. The maximum Gasteiger partial charge on any atom is 0.343 e. The molecule has 3 rings (SSSR count). The van der Waals surface area contributed by atoms with Crippen LogP contribution in [0.5, 0.6) is 17.2 Å². The SMILES string of the molecule is C=C(C)C(=O)OCCCCCCCCOc1ccc(C(=O)Oc2ccc(-c3ccc(OC)cc3)cc2[N+](=O)[O-])cc1. The molecular weight excluding hydrogens is 526 g/mol. The Labute approximate surface area is 239 Å². The molecule has 0 bridgehead atoms. The summed E-state index contributed by atoms with van der Waals surface area (Å²) in [6.45, 7) is 6.16. The van der Waals surface area contributed by atoms with Crippen LogP contribution in [0.2, 0.25) is 0 Å². The molecule has 0 aliphatic rings. The Morgan fingerprint density at radius 2 is 1.39 bits per heavy atom. The molecule has 0 aromatic heterocycles. The molecule has 0 fully saturated rings. The fourth-order valence-corrected chi connectivity index (χ4v) is 3.94. The van der Waals surface area contributed by atoms with Gasteiger partial charge < -0.3 is 18.9 Å². The van der Waals surface area contributed by atoms with Crippen molar-refractivity contribution in [2.24, 2.45) is 0 Å². The molecule has 216 valence electrons. The third kappa shape index (κ3) is 9.79. The number of methoxy groups -OCH3 is 1. The van der Waals surface area contributed by atoms with Crippen molar-refractivity contribution in [3.05, 3.63) is 94.6 Å². The number of unbranched alkanes of at least 4 members (excludes halogenated alkanes) is 5. The molecule has 41 heavy (non-hydrogen) atoms. The van der Waals surface area contributed by atoms with Gasteiger partial charge in [0, 0.05) is 11.6 Å². The minimum Gasteiger partial charge on any atom is -0.497 e. The van der Waals surface area contributed by atoms with Crippen LogP contribution in [0.4, 0.5) is 5.69 Å². The summed E-state index contributed by atoms with van der Waals surface area (Å²) in [5.41, 5.74) is 1.74. The summed E-state index contributed by atoms with van der Waals surface area (Å²) in [5, 5.41) is 11.7. The molecule has 0 unspecified atom stereocenters. The van der Waals surface area contributed by atoms with E-state index in [1.165, 1.54) is 12.1 Å². The van der Waals surface area contributed by atoms with Crippen molar-refractivity contribution < 1.29 is 33.5 Å². The number of benzene rings is 3. The summed E-state index contributed by atoms with van der Waals surface area (Å²) >= 11 is 0. The summed E-state index contributed by atoms with van der Waals surface area (Å²) in [5.74, 6) is 0.119. The van der Waals surface area contributed by atoms with Gasteiger partial charge in [-0.15, -0.1) is 0 Å². The van der Waals surface area contributed by atoms with Gasteiger partial charge in [-0.05, 0) is 73.4 Å². The molecule has 0 radical (unpaired) electrons. The van der Waals surface area contributed by atoms with E-state index >= 15 is 0 Å². The third-order valence-corrected chi connectivity index (χ3v) is 6.26. The van der Waals surface area contributed by atoms with E-state index in [0.29, 0.717) is 35.8 Å². The van der Waals surface area contributed by atoms with Crippen molar-refractivity contribution in [2.75, 3.05) is 20.3 Å². The number of hydrogen-bond donors (Lipinski definition) is 0. The molecule has 0 saturated heterocycles. The van der Waals surface area contributed by atoms with Gasteiger partial charge in [0.05, 0.1) is 30.8 Å². The second kappa shape index (κ2) is 15.8. The van der Waals surface area contributed by atoms with Crippen LogP contribution < -0.4 is 14.2 Å². The zero-order chi connectivity index (χ0) is 29.6. The van der Waals surface area contributed by atoms with E-state index in [1.807, 2.05) is 0 Å². The zero-order valence-electron chi connectivity index (χ0n) is 23.4. The number of carbonyl (C=O) groups is 2. The number of nitro benzene ring substituents is 1. The first-order chi connectivity index (χ1) is 19.8. The number of esters is 2. The number of rotatable bonds is 16. The lowest BCUT2D eigenvalue weighted by atomic mass is 10.0. The van der Waals surface area contributed by atoms with Crippen LogP contribution in [0.3, 0.4) is 0 Å². The van der Waals surface area contributed by atoms with Crippen molar-refractivity contribution >= 4 is 17.6 Å². The Morgan fingerprint density at radius 3 is 2.00 bits per heavy atom. The van der Waals surface area contributed by atoms with Gasteiger partial charge in [0.2, 0.25) is 5.75 Å². The maximum atomic E-state index is 12.7. The number of ether oxygens (including phenoxy) is 4. The van der Waals surface area contributed by atoms with Crippen molar-refractivity contribution in [1.29, 1.82) is 0 Å². The number of nitrogens with zero attached hydrogens (tertiary/aromatic N) is 1. The van der Waals surface area contributed by atoms with Crippen molar-refractivity contribution in [3.63, 3.8) is 0 Å². The van der Waals surface area contributed by atoms with E-state index in [0.717, 1.165) is 44.1 Å². The number of nitro groups is 1. The summed E-state index contributed by atoms with van der Waals surface area (Å²) in [6.07, 6.45) is 5.88. The highest BCUT2D eigenvalue weighted by molar-refractivity contribution is 5.92. The maximum absolute atomic E-state index is 12.7. The average Bonchev–Trinajstić information content (AvgIpc) is 2.98. The van der Waals surface area contributed by atoms with Crippen molar-refractivity contribution in [1.82, 2.24) is 0 Å². The fraction of sp³-hybridized carbons (Fsp3) is 0.312. The Hall–Kier alpha value is -4.66. The van der Waals surface area contributed by atoms with E-state index in [-0.39, 0.29) is 23.0 Å². The predicted molar refractivity (Wildman–Crippen MR) is 155 cm³/mol. The second-order valence-corrected chi connectivity index (χ2v) is 9.47. The quantitative estimate of drug-likeness (QED) is 0.0446. The number of carbonyl (C=O) groups excluding carboxylic acids is 2. The highest BCUT2D eigenvalue weighted by atomic mass is 16.6. The predicted octanol–water partition coefficient (Wildman–Crippen LogP) is 7.33. The summed E-state index contributed by atoms with van der Waals surface area (Å²) in [6, 6.07) is 18.1. The van der Waals surface area contributed by atoms with Gasteiger partial charge in [-0.3, -0.25) is 10.1 Å². The Bertz CT molecular complexity index is 1330. The molecule has 9 nitrogen and oxygen atoms in total. The molecule has 0 aliphatic heterocycles. The summed E-state index contributed by atoms with van der Waals surface area (Å²) in [4.78, 5) is 35.1.